The van der Waals surface area contributed by atoms with Crippen LogP contribution in [0.15, 0.2) is 76.6 Å². The van der Waals surface area contributed by atoms with E-state index in [9.17, 15) is 13.2 Å². The van der Waals surface area contributed by atoms with Crippen LogP contribution in [0.5, 0.6) is 5.75 Å². The molecule has 0 radical (unpaired) electrons. The number of ether oxygens (including phenoxy) is 2. The average molecular weight is 798 g/mol. The van der Waals surface area contributed by atoms with E-state index in [1.807, 2.05) is 36.1 Å². The Labute approximate surface area is 327 Å². The van der Waals surface area contributed by atoms with Crippen molar-refractivity contribution in [3.8, 4) is 5.75 Å². The number of amidine groups is 1. The quantitative estimate of drug-likeness (QED) is 0.273. The van der Waals surface area contributed by atoms with Crippen molar-refractivity contribution in [2.75, 3.05) is 78.7 Å². The van der Waals surface area contributed by atoms with Gasteiger partial charge < -0.3 is 19.3 Å². The first-order valence-electron chi connectivity index (χ1n) is 18.7. The van der Waals surface area contributed by atoms with Gasteiger partial charge in [-0.15, -0.1) is 0 Å². The Morgan fingerprint density at radius 1 is 0.796 bits per heavy atom. The number of hydrogen-bond donors (Lipinski definition) is 0. The van der Waals surface area contributed by atoms with Crippen LogP contribution >= 0.6 is 23.2 Å². The number of piperidine rings is 1. The maximum Gasteiger partial charge on any atom is 0.326 e. The van der Waals surface area contributed by atoms with Gasteiger partial charge in [0.2, 0.25) is 15.9 Å². The van der Waals surface area contributed by atoms with Crippen molar-refractivity contribution in [1.29, 1.82) is 0 Å². The van der Waals surface area contributed by atoms with Gasteiger partial charge in [-0.2, -0.15) is 4.31 Å². The molecule has 0 bridgehead atoms. The van der Waals surface area contributed by atoms with Crippen molar-refractivity contribution in [3.05, 3.63) is 93.5 Å². The first kappa shape index (κ1) is 38.6. The Kier molecular flexibility index (Phi) is 12.1. The van der Waals surface area contributed by atoms with E-state index >= 15 is 4.79 Å². The average Bonchev–Trinajstić information content (AvgIpc) is 3.59. The second kappa shape index (κ2) is 17.0. The Bertz CT molecular complexity index is 1940. The van der Waals surface area contributed by atoms with E-state index in [0.29, 0.717) is 99.4 Å². The largest absolute Gasteiger partial charge is 0.493 e. The zero-order valence-corrected chi connectivity index (χ0v) is 32.7. The Morgan fingerprint density at radius 3 is 2.06 bits per heavy atom. The van der Waals surface area contributed by atoms with Gasteiger partial charge in [0, 0.05) is 62.4 Å². The Balaban J connectivity index is 1.28. The molecule has 3 aromatic carbocycles. The molecule has 15 heteroatoms. The summed E-state index contributed by atoms with van der Waals surface area (Å²) in [7, 11) is -3.83. The molecule has 7 rings (SSSR count). The molecule has 2 unspecified atom stereocenters. The highest BCUT2D eigenvalue weighted by molar-refractivity contribution is 7.89. The second-order valence-corrected chi connectivity index (χ2v) is 16.7. The summed E-state index contributed by atoms with van der Waals surface area (Å²) in [5.41, 5.74) is 2.04. The predicted octanol–water partition coefficient (Wildman–Crippen LogP) is 5.71. The van der Waals surface area contributed by atoms with Crippen LogP contribution in [0.2, 0.25) is 10.0 Å². The van der Waals surface area contributed by atoms with E-state index in [1.165, 1.54) is 4.31 Å². The van der Waals surface area contributed by atoms with Crippen molar-refractivity contribution >= 4 is 51.0 Å². The summed E-state index contributed by atoms with van der Waals surface area (Å²) < 4.78 is 41.1. The van der Waals surface area contributed by atoms with Crippen molar-refractivity contribution < 1.29 is 27.5 Å². The number of morpholine rings is 1. The van der Waals surface area contributed by atoms with Gasteiger partial charge >= 0.3 is 6.03 Å². The number of amides is 3. The summed E-state index contributed by atoms with van der Waals surface area (Å²) >= 11 is 12.7. The molecule has 3 amide bonds. The van der Waals surface area contributed by atoms with Crippen LogP contribution < -0.4 is 4.74 Å². The molecule has 2 atom stereocenters. The molecule has 288 valence electrons. The van der Waals surface area contributed by atoms with E-state index < -0.39 is 22.1 Å². The number of sulfonamides is 1. The number of carbonyl (C=O) groups excluding carboxylic acids is 2. The lowest BCUT2D eigenvalue weighted by molar-refractivity contribution is -0.136. The SMILES string of the molecule is CCOc1ccc(S(=O)(=O)N2CCCCC2)cc1C1=NC(c2ccc(Cl)cc2)C(c2ccc(Cl)cc2)N1C(=O)N1CCN(CC(=O)N2CCOCC2)CC1. The van der Waals surface area contributed by atoms with Crippen LogP contribution in [0.3, 0.4) is 0 Å². The smallest absolute Gasteiger partial charge is 0.326 e. The number of halogens is 2. The van der Waals surface area contributed by atoms with Crippen molar-refractivity contribution in [3.63, 3.8) is 0 Å². The van der Waals surface area contributed by atoms with Gasteiger partial charge in [0.05, 0.1) is 42.9 Å². The third kappa shape index (κ3) is 8.26. The van der Waals surface area contributed by atoms with Crippen LogP contribution in [-0.2, 0) is 19.6 Å². The molecule has 3 saturated heterocycles. The lowest BCUT2D eigenvalue weighted by atomic mass is 9.93. The number of rotatable bonds is 9. The van der Waals surface area contributed by atoms with Crippen LogP contribution in [0, 0.1) is 0 Å². The van der Waals surface area contributed by atoms with Crippen LogP contribution in [0.4, 0.5) is 4.79 Å². The summed E-state index contributed by atoms with van der Waals surface area (Å²) in [4.78, 5) is 40.9. The number of benzene rings is 3. The minimum atomic E-state index is -3.83. The molecule has 0 N–H and O–H groups in total. The van der Waals surface area contributed by atoms with Crippen LogP contribution in [0.25, 0.3) is 0 Å². The van der Waals surface area contributed by atoms with E-state index in [-0.39, 0.29) is 23.4 Å². The Hall–Kier alpha value is -3.72. The molecule has 12 nitrogen and oxygen atoms in total. The number of nitrogens with zero attached hydrogens (tertiary/aromatic N) is 6. The second-order valence-electron chi connectivity index (χ2n) is 13.9. The topological polar surface area (TPSA) is 115 Å². The van der Waals surface area contributed by atoms with Gasteiger partial charge in [-0.05, 0) is 73.4 Å². The summed E-state index contributed by atoms with van der Waals surface area (Å²) in [6.07, 6.45) is 2.60. The number of piperazine rings is 1. The minimum Gasteiger partial charge on any atom is -0.493 e. The highest BCUT2D eigenvalue weighted by Gasteiger charge is 2.45. The van der Waals surface area contributed by atoms with Gasteiger partial charge in [-0.1, -0.05) is 53.9 Å². The molecule has 4 aliphatic heterocycles. The summed E-state index contributed by atoms with van der Waals surface area (Å²) in [6.45, 7) is 7.42. The molecule has 4 aliphatic rings. The van der Waals surface area contributed by atoms with E-state index in [0.717, 1.165) is 30.4 Å². The maximum atomic E-state index is 15.1. The van der Waals surface area contributed by atoms with Crippen LogP contribution in [0.1, 0.15) is 55.0 Å². The predicted molar refractivity (Wildman–Crippen MR) is 208 cm³/mol. The minimum absolute atomic E-state index is 0.0588. The third-order valence-electron chi connectivity index (χ3n) is 10.5. The summed E-state index contributed by atoms with van der Waals surface area (Å²) in [5.74, 6) is 0.789. The standard InChI is InChI=1S/C39H46Cl2N6O6S/c1-2-53-34-15-14-32(54(50,51)46-16-4-3-5-17-46)26-33(34)38-42-36(28-6-10-30(40)11-7-28)37(29-8-12-31(41)13-9-29)47(38)39(49)45-20-18-43(19-21-45)27-35(48)44-22-24-52-25-23-44/h6-15,26,36-37H,2-5,16-25,27H2,1H3. The van der Waals surface area contributed by atoms with Gasteiger partial charge in [0.1, 0.15) is 17.6 Å². The van der Waals surface area contributed by atoms with Crippen molar-refractivity contribution in [2.45, 2.75) is 43.2 Å². The van der Waals surface area contributed by atoms with Crippen molar-refractivity contribution in [1.82, 2.24) is 23.9 Å². The van der Waals surface area contributed by atoms with Gasteiger partial charge in [-0.25, -0.2) is 13.2 Å². The number of hydrogen-bond acceptors (Lipinski definition) is 8. The molecule has 0 saturated carbocycles. The first-order chi connectivity index (χ1) is 26.1. The van der Waals surface area contributed by atoms with Gasteiger partial charge in [0.25, 0.3) is 0 Å². The normalized spacial score (nSPS) is 21.6. The lowest BCUT2D eigenvalue weighted by Crippen LogP contribution is -2.56. The molecular formula is C39H46Cl2N6O6S. The highest BCUT2D eigenvalue weighted by Crippen LogP contribution is 2.46. The van der Waals surface area contributed by atoms with E-state index in [4.69, 9.17) is 37.7 Å². The molecule has 0 spiro atoms. The summed E-state index contributed by atoms with van der Waals surface area (Å²) in [5, 5.41) is 1.12. The first-order valence-corrected chi connectivity index (χ1v) is 20.9. The molecule has 0 aromatic heterocycles. The highest BCUT2D eigenvalue weighted by atomic mass is 35.5. The zero-order valence-electron chi connectivity index (χ0n) is 30.4. The maximum absolute atomic E-state index is 15.1. The molecule has 4 heterocycles. The van der Waals surface area contributed by atoms with Gasteiger partial charge in [-0.3, -0.25) is 19.6 Å². The molecule has 0 aliphatic carbocycles. The zero-order chi connectivity index (χ0) is 37.8. The van der Waals surface area contributed by atoms with Crippen LogP contribution in [-0.4, -0.2) is 129 Å². The summed E-state index contributed by atoms with van der Waals surface area (Å²) in [6, 6.07) is 18.1. The molecule has 3 aromatic rings. The number of urea groups is 1. The fourth-order valence-corrected chi connectivity index (χ4v) is 9.38. The third-order valence-corrected chi connectivity index (χ3v) is 12.9. The number of carbonyl (C=O) groups is 2. The number of aliphatic imine (C=N–C) groups is 1. The lowest BCUT2D eigenvalue weighted by Gasteiger charge is -2.39. The fraction of sp³-hybridized carbons (Fsp3) is 0.462. The Morgan fingerprint density at radius 2 is 1.43 bits per heavy atom. The van der Waals surface area contributed by atoms with E-state index in [2.05, 4.69) is 4.90 Å². The molecular weight excluding hydrogens is 751 g/mol. The molecule has 3 fully saturated rings. The molecule has 54 heavy (non-hydrogen) atoms. The van der Waals surface area contributed by atoms with Crippen molar-refractivity contribution in [2.24, 2.45) is 4.99 Å². The van der Waals surface area contributed by atoms with E-state index in [1.54, 1.807) is 52.3 Å². The van der Waals surface area contributed by atoms with Gasteiger partial charge in [0.15, 0.2) is 0 Å². The monoisotopic (exact) mass is 796 g/mol. The fourth-order valence-electron chi connectivity index (χ4n) is 7.59.